The Morgan fingerprint density at radius 3 is 2.28 bits per heavy atom. The first-order valence-electron chi connectivity index (χ1n) is 8.24. The fourth-order valence-corrected chi connectivity index (χ4v) is 2.69. The molecule has 1 aromatic rings. The number of amides is 2. The van der Waals surface area contributed by atoms with Gasteiger partial charge in [-0.3, -0.25) is 0 Å². The predicted octanol–water partition coefficient (Wildman–Crippen LogP) is 3.28. The molecule has 2 rings (SSSR count). The van der Waals surface area contributed by atoms with Gasteiger partial charge in [0, 0.05) is 38.0 Å². The van der Waals surface area contributed by atoms with Gasteiger partial charge in [-0.2, -0.15) is 13.2 Å². The summed E-state index contributed by atoms with van der Waals surface area (Å²) in [4.78, 5) is 16.4. The quantitative estimate of drug-likeness (QED) is 0.878. The minimum Gasteiger partial charge on any atom is -0.381 e. The normalized spacial score (nSPS) is 16.1. The molecule has 1 aliphatic rings. The largest absolute Gasteiger partial charge is 0.416 e. The van der Waals surface area contributed by atoms with Gasteiger partial charge in [0.1, 0.15) is 0 Å². The molecule has 25 heavy (non-hydrogen) atoms. The molecule has 140 valence electrons. The summed E-state index contributed by atoms with van der Waals surface area (Å²) in [6.07, 6.45) is -2.87. The van der Waals surface area contributed by atoms with E-state index < -0.39 is 11.7 Å². The molecule has 0 spiro atoms. The Morgan fingerprint density at radius 2 is 1.76 bits per heavy atom. The maximum atomic E-state index is 12.6. The van der Waals surface area contributed by atoms with Gasteiger partial charge in [-0.15, -0.1) is 0 Å². The van der Waals surface area contributed by atoms with Crippen molar-refractivity contribution in [3.63, 3.8) is 0 Å². The van der Waals surface area contributed by atoms with Crippen molar-refractivity contribution in [2.75, 3.05) is 45.7 Å². The van der Waals surface area contributed by atoms with Crippen molar-refractivity contribution in [3.8, 4) is 0 Å². The van der Waals surface area contributed by atoms with E-state index in [2.05, 4.69) is 5.32 Å². The molecule has 1 fully saturated rings. The fraction of sp³-hybridized carbons (Fsp3) is 0.588. The van der Waals surface area contributed by atoms with Crippen molar-refractivity contribution in [3.05, 3.63) is 29.8 Å². The van der Waals surface area contributed by atoms with Gasteiger partial charge in [-0.05, 0) is 51.2 Å². The van der Waals surface area contributed by atoms with Crippen LogP contribution in [-0.4, -0.2) is 62.3 Å². The molecule has 0 unspecified atom stereocenters. The Hall–Kier alpha value is -1.80. The van der Waals surface area contributed by atoms with Crippen LogP contribution in [0.15, 0.2) is 24.3 Å². The predicted molar refractivity (Wildman–Crippen MR) is 89.6 cm³/mol. The van der Waals surface area contributed by atoms with Gasteiger partial charge in [0.25, 0.3) is 0 Å². The zero-order valence-electron chi connectivity index (χ0n) is 14.5. The molecular weight excluding hydrogens is 335 g/mol. The van der Waals surface area contributed by atoms with E-state index in [9.17, 15) is 18.0 Å². The molecule has 0 aliphatic carbocycles. The van der Waals surface area contributed by atoms with E-state index in [-0.39, 0.29) is 12.1 Å². The molecule has 0 atom stereocenters. The molecule has 1 aliphatic heterocycles. The first kappa shape index (κ1) is 19.5. The standard InChI is InChI=1S/C17H24F3N3O2/c1-22(2)9-10-23(15-7-11-25-12-8-15)16(24)21-14-5-3-13(4-6-14)17(18,19)20/h3-6,15H,7-12H2,1-2H3,(H,21,24). The third kappa shape index (κ3) is 5.89. The van der Waals surface area contributed by atoms with Crippen molar-refractivity contribution in [2.24, 2.45) is 0 Å². The zero-order chi connectivity index (χ0) is 18.4. The second kappa shape index (κ2) is 8.53. The monoisotopic (exact) mass is 359 g/mol. The molecule has 2 amide bonds. The lowest BCUT2D eigenvalue weighted by atomic mass is 10.1. The number of hydrogen-bond acceptors (Lipinski definition) is 3. The maximum absolute atomic E-state index is 12.6. The smallest absolute Gasteiger partial charge is 0.381 e. The van der Waals surface area contributed by atoms with E-state index in [1.807, 2.05) is 19.0 Å². The molecule has 5 nitrogen and oxygen atoms in total. The van der Waals surface area contributed by atoms with Crippen molar-refractivity contribution in [1.29, 1.82) is 0 Å². The van der Waals surface area contributed by atoms with E-state index in [0.29, 0.717) is 32.0 Å². The van der Waals surface area contributed by atoms with Gasteiger partial charge in [0.15, 0.2) is 0 Å². The fourth-order valence-electron chi connectivity index (χ4n) is 2.69. The minimum absolute atomic E-state index is 0.0724. The summed E-state index contributed by atoms with van der Waals surface area (Å²) in [5.41, 5.74) is -0.390. The Morgan fingerprint density at radius 1 is 1.16 bits per heavy atom. The van der Waals surface area contributed by atoms with Crippen LogP contribution in [0.25, 0.3) is 0 Å². The average Bonchev–Trinajstić information content (AvgIpc) is 2.55. The van der Waals surface area contributed by atoms with Gasteiger partial charge < -0.3 is 19.9 Å². The minimum atomic E-state index is -4.39. The molecule has 0 bridgehead atoms. The summed E-state index contributed by atoms with van der Waals surface area (Å²) in [6, 6.07) is 4.25. The Labute approximate surface area is 145 Å². The van der Waals surface area contributed by atoms with Gasteiger partial charge in [0.2, 0.25) is 0 Å². The lowest BCUT2D eigenvalue weighted by molar-refractivity contribution is -0.137. The molecular formula is C17H24F3N3O2. The highest BCUT2D eigenvalue weighted by Crippen LogP contribution is 2.30. The molecule has 1 saturated heterocycles. The number of halogens is 3. The summed E-state index contributed by atoms with van der Waals surface area (Å²) in [5, 5.41) is 2.70. The van der Waals surface area contributed by atoms with Crippen LogP contribution < -0.4 is 5.32 Å². The second-order valence-electron chi connectivity index (χ2n) is 6.35. The molecule has 0 saturated carbocycles. The van der Waals surface area contributed by atoms with Crippen molar-refractivity contribution in [1.82, 2.24) is 9.80 Å². The number of likely N-dealkylation sites (N-methyl/N-ethyl adjacent to an activating group) is 1. The lowest BCUT2D eigenvalue weighted by Crippen LogP contribution is -2.48. The molecule has 8 heteroatoms. The number of urea groups is 1. The first-order valence-corrected chi connectivity index (χ1v) is 8.24. The molecule has 1 aromatic carbocycles. The van der Waals surface area contributed by atoms with Gasteiger partial charge in [-0.25, -0.2) is 4.79 Å². The van der Waals surface area contributed by atoms with Crippen LogP contribution in [0.4, 0.5) is 23.7 Å². The SMILES string of the molecule is CN(C)CCN(C(=O)Nc1ccc(C(F)(F)F)cc1)C1CCOCC1. The second-order valence-corrected chi connectivity index (χ2v) is 6.35. The van der Waals surface area contributed by atoms with Crippen LogP contribution in [0.3, 0.4) is 0 Å². The Balaban J connectivity index is 2.04. The van der Waals surface area contributed by atoms with Crippen LogP contribution in [0.5, 0.6) is 0 Å². The molecule has 1 heterocycles. The number of hydrogen-bond donors (Lipinski definition) is 1. The molecule has 0 aromatic heterocycles. The Kier molecular flexibility index (Phi) is 6.66. The number of ether oxygens (including phenoxy) is 1. The van der Waals surface area contributed by atoms with E-state index in [0.717, 1.165) is 25.0 Å². The third-order valence-corrected chi connectivity index (χ3v) is 4.14. The van der Waals surface area contributed by atoms with E-state index >= 15 is 0 Å². The number of alkyl halides is 3. The number of anilines is 1. The van der Waals surface area contributed by atoms with Crippen molar-refractivity contribution < 1.29 is 22.7 Å². The first-order chi connectivity index (χ1) is 11.8. The topological polar surface area (TPSA) is 44.8 Å². The number of nitrogens with zero attached hydrogens (tertiary/aromatic N) is 2. The molecule has 1 N–H and O–H groups in total. The van der Waals surface area contributed by atoms with Gasteiger partial charge in [-0.1, -0.05) is 0 Å². The van der Waals surface area contributed by atoms with Crippen LogP contribution in [0.1, 0.15) is 18.4 Å². The van der Waals surface area contributed by atoms with Crippen LogP contribution in [0, 0.1) is 0 Å². The van der Waals surface area contributed by atoms with Crippen molar-refractivity contribution in [2.45, 2.75) is 25.1 Å². The van der Waals surface area contributed by atoms with Gasteiger partial charge in [0.05, 0.1) is 5.56 Å². The van der Waals surface area contributed by atoms with E-state index in [4.69, 9.17) is 4.74 Å². The number of carbonyl (C=O) groups is 1. The van der Waals surface area contributed by atoms with Crippen LogP contribution in [-0.2, 0) is 10.9 Å². The number of rotatable bonds is 5. The zero-order valence-corrected chi connectivity index (χ0v) is 14.5. The van der Waals surface area contributed by atoms with Crippen LogP contribution >= 0.6 is 0 Å². The summed E-state index contributed by atoms with van der Waals surface area (Å²) in [7, 11) is 3.85. The van der Waals surface area contributed by atoms with Gasteiger partial charge >= 0.3 is 12.2 Å². The summed E-state index contributed by atoms with van der Waals surface area (Å²) in [6.45, 7) is 2.47. The third-order valence-electron chi connectivity index (χ3n) is 4.14. The van der Waals surface area contributed by atoms with Crippen molar-refractivity contribution >= 4 is 11.7 Å². The summed E-state index contributed by atoms with van der Waals surface area (Å²) < 4.78 is 43.2. The highest BCUT2D eigenvalue weighted by atomic mass is 19.4. The highest BCUT2D eigenvalue weighted by Gasteiger charge is 2.30. The summed E-state index contributed by atoms with van der Waals surface area (Å²) in [5.74, 6) is 0. The van der Waals surface area contributed by atoms with Crippen LogP contribution in [0.2, 0.25) is 0 Å². The number of benzene rings is 1. The lowest BCUT2D eigenvalue weighted by Gasteiger charge is -2.35. The molecule has 0 radical (unpaired) electrons. The summed E-state index contributed by atoms with van der Waals surface area (Å²) >= 11 is 0. The Bertz CT molecular complexity index is 555. The number of nitrogens with one attached hydrogen (secondary N) is 1. The number of carbonyl (C=O) groups excluding carboxylic acids is 1. The van der Waals surface area contributed by atoms with E-state index in [1.165, 1.54) is 12.1 Å². The average molecular weight is 359 g/mol. The highest BCUT2D eigenvalue weighted by molar-refractivity contribution is 5.89. The van der Waals surface area contributed by atoms with E-state index in [1.54, 1.807) is 4.90 Å². The maximum Gasteiger partial charge on any atom is 0.416 e.